The number of nitrogens with one attached hydrogen (secondary N) is 1. The average Bonchev–Trinajstić information content (AvgIpc) is 3.02. The number of hydrogen-bond acceptors (Lipinski definition) is 6. The Morgan fingerprint density at radius 3 is 2.46 bits per heavy atom. The van der Waals surface area contributed by atoms with Gasteiger partial charge in [-0.1, -0.05) is 6.92 Å². The quantitative estimate of drug-likeness (QED) is 0.593. The van der Waals surface area contributed by atoms with Gasteiger partial charge in [-0.2, -0.15) is 5.26 Å². The third-order valence-corrected chi connectivity index (χ3v) is 5.29. The van der Waals surface area contributed by atoms with E-state index in [2.05, 4.69) is 5.32 Å². The highest BCUT2D eigenvalue weighted by atomic mass is 32.1. The molecule has 6 nitrogen and oxygen atoms in total. The molecule has 7 heteroatoms. The number of carbonyl (C=O) groups is 2. The van der Waals surface area contributed by atoms with Crippen LogP contribution in [-0.4, -0.2) is 25.9 Å². The number of thiophene rings is 1. The lowest BCUT2D eigenvalue weighted by Gasteiger charge is -2.12. The molecule has 1 aromatic carbocycles. The van der Waals surface area contributed by atoms with Crippen LogP contribution in [0.1, 0.15) is 27.0 Å². The van der Waals surface area contributed by atoms with Gasteiger partial charge in [0.05, 0.1) is 25.2 Å². The van der Waals surface area contributed by atoms with Gasteiger partial charge in [0.15, 0.2) is 23.2 Å². The van der Waals surface area contributed by atoms with Crippen molar-refractivity contribution in [3.63, 3.8) is 0 Å². The molecule has 1 heterocycles. The number of ketones is 1. The topological polar surface area (TPSA) is 88.4 Å². The van der Waals surface area contributed by atoms with Crippen molar-refractivity contribution in [3.8, 4) is 17.6 Å². The van der Waals surface area contributed by atoms with Crippen LogP contribution in [0.15, 0.2) is 24.3 Å². The first-order valence-corrected chi connectivity index (χ1v) is 8.82. The monoisotopic (exact) mass is 372 g/mol. The molecule has 0 saturated carbocycles. The molecule has 0 bridgehead atoms. The lowest BCUT2D eigenvalue weighted by molar-refractivity contribution is -0.117. The Morgan fingerprint density at radius 2 is 1.92 bits per heavy atom. The first-order valence-electron chi connectivity index (χ1n) is 8.01. The van der Waals surface area contributed by atoms with Crippen LogP contribution >= 0.6 is 11.3 Å². The van der Waals surface area contributed by atoms with Gasteiger partial charge in [0.25, 0.3) is 0 Å². The average molecular weight is 372 g/mol. The van der Waals surface area contributed by atoms with E-state index in [-0.39, 0.29) is 0 Å². The number of carbonyl (C=O) groups excluding carboxylic acids is 2. The van der Waals surface area contributed by atoms with E-state index in [1.54, 1.807) is 24.3 Å². The maximum Gasteiger partial charge on any atom is 0.249 e. The molecule has 1 atom stereocenters. The summed E-state index contributed by atoms with van der Waals surface area (Å²) in [4.78, 5) is 26.5. The summed E-state index contributed by atoms with van der Waals surface area (Å²) in [6.45, 7) is 3.91. The number of aryl methyl sites for hydroxylation is 2. The van der Waals surface area contributed by atoms with Gasteiger partial charge in [-0.3, -0.25) is 9.59 Å². The molecule has 0 radical (unpaired) electrons. The van der Waals surface area contributed by atoms with E-state index in [9.17, 15) is 14.9 Å². The van der Waals surface area contributed by atoms with Crippen LogP contribution in [0.5, 0.6) is 11.5 Å². The van der Waals surface area contributed by atoms with Gasteiger partial charge in [-0.25, -0.2) is 0 Å². The summed E-state index contributed by atoms with van der Waals surface area (Å²) in [5, 5.41) is 11.9. The summed E-state index contributed by atoms with van der Waals surface area (Å²) in [6, 6.07) is 8.36. The minimum atomic E-state index is -1.41. The number of benzene rings is 1. The Morgan fingerprint density at radius 1 is 1.23 bits per heavy atom. The second-order valence-corrected chi connectivity index (χ2v) is 6.69. The molecule has 1 amide bonds. The fourth-order valence-electron chi connectivity index (χ4n) is 2.50. The highest BCUT2D eigenvalue weighted by Gasteiger charge is 2.29. The third-order valence-electron chi connectivity index (χ3n) is 3.89. The van der Waals surface area contributed by atoms with Crippen LogP contribution in [-0.2, 0) is 11.2 Å². The predicted octanol–water partition coefficient (Wildman–Crippen LogP) is 3.60. The van der Waals surface area contributed by atoms with Crippen molar-refractivity contribution in [2.45, 2.75) is 20.3 Å². The second-order valence-electron chi connectivity index (χ2n) is 5.56. The van der Waals surface area contributed by atoms with Crippen LogP contribution in [0.4, 0.5) is 5.69 Å². The van der Waals surface area contributed by atoms with Crippen molar-refractivity contribution in [1.29, 1.82) is 5.26 Å². The van der Waals surface area contributed by atoms with Crippen LogP contribution in [0.25, 0.3) is 0 Å². The number of Topliss-reactive ketones (excluding diaryl/α,β-unsaturated/α-hetero) is 1. The molecule has 1 aromatic heterocycles. The summed E-state index contributed by atoms with van der Waals surface area (Å²) < 4.78 is 10.3. The Labute approximate surface area is 156 Å². The van der Waals surface area contributed by atoms with Crippen molar-refractivity contribution < 1.29 is 19.1 Å². The first kappa shape index (κ1) is 19.5. The fraction of sp³-hybridized carbons (Fsp3) is 0.316. The van der Waals surface area contributed by atoms with Gasteiger partial charge >= 0.3 is 0 Å². The minimum Gasteiger partial charge on any atom is -0.493 e. The van der Waals surface area contributed by atoms with Crippen LogP contribution in [0.2, 0.25) is 0 Å². The molecular formula is C19H20N2O4S. The van der Waals surface area contributed by atoms with Gasteiger partial charge in [-0.05, 0) is 37.1 Å². The standard InChI is InChI=1S/C19H20N2O4S/c1-5-16-11(2)8-17(26-16)18(22)13(10-20)19(23)21-12-6-7-14(24-3)15(9-12)25-4/h6-9,13H,5H2,1-4H3,(H,21,23). The number of rotatable bonds is 7. The van der Waals surface area contributed by atoms with Gasteiger partial charge in [-0.15, -0.1) is 11.3 Å². The van der Waals surface area contributed by atoms with E-state index in [0.29, 0.717) is 22.1 Å². The Balaban J connectivity index is 2.20. The number of ether oxygens (including phenoxy) is 2. The summed E-state index contributed by atoms with van der Waals surface area (Å²) >= 11 is 1.33. The maximum absolute atomic E-state index is 12.6. The van der Waals surface area contributed by atoms with Crippen molar-refractivity contribution >= 4 is 28.7 Å². The largest absolute Gasteiger partial charge is 0.493 e. The zero-order valence-corrected chi connectivity index (χ0v) is 15.9. The zero-order chi connectivity index (χ0) is 19.3. The summed E-state index contributed by atoms with van der Waals surface area (Å²) in [5.41, 5.74) is 1.41. The summed E-state index contributed by atoms with van der Waals surface area (Å²) in [6.07, 6.45) is 0.804. The van der Waals surface area contributed by atoms with Gasteiger partial charge in [0, 0.05) is 16.6 Å². The summed E-state index contributed by atoms with van der Waals surface area (Å²) in [5.74, 6) is -1.62. The molecule has 0 spiro atoms. The third kappa shape index (κ3) is 4.03. The molecular weight excluding hydrogens is 352 g/mol. The van der Waals surface area contributed by atoms with Gasteiger partial charge in [0.1, 0.15) is 0 Å². The van der Waals surface area contributed by atoms with Crippen LogP contribution < -0.4 is 14.8 Å². The molecule has 2 rings (SSSR count). The number of nitriles is 1. The van der Waals surface area contributed by atoms with Crippen LogP contribution in [0.3, 0.4) is 0 Å². The predicted molar refractivity (Wildman–Crippen MR) is 100 cm³/mol. The fourth-order valence-corrected chi connectivity index (χ4v) is 3.58. The first-order chi connectivity index (χ1) is 12.4. The van der Waals surface area contributed by atoms with E-state index in [0.717, 1.165) is 16.9 Å². The number of amides is 1. The molecule has 2 aromatic rings. The van der Waals surface area contributed by atoms with E-state index >= 15 is 0 Å². The lowest BCUT2D eigenvalue weighted by atomic mass is 10.0. The molecule has 136 valence electrons. The van der Waals surface area contributed by atoms with Gasteiger partial charge < -0.3 is 14.8 Å². The highest BCUT2D eigenvalue weighted by Crippen LogP contribution is 2.30. The van der Waals surface area contributed by atoms with Crippen molar-refractivity contribution in [1.82, 2.24) is 0 Å². The Bertz CT molecular complexity index is 867. The van der Waals surface area contributed by atoms with Crippen molar-refractivity contribution in [2.24, 2.45) is 5.92 Å². The number of nitrogens with zero attached hydrogens (tertiary/aromatic N) is 1. The SMILES string of the molecule is CCc1sc(C(=O)C(C#N)C(=O)Nc2ccc(OC)c(OC)c2)cc1C. The molecule has 0 fully saturated rings. The molecule has 26 heavy (non-hydrogen) atoms. The van der Waals surface area contributed by atoms with Gasteiger partial charge in [0.2, 0.25) is 5.91 Å². The van der Waals surface area contributed by atoms with Crippen molar-refractivity contribution in [2.75, 3.05) is 19.5 Å². The van der Waals surface area contributed by atoms with Crippen molar-refractivity contribution in [3.05, 3.63) is 39.6 Å². The van der Waals surface area contributed by atoms with E-state index in [4.69, 9.17) is 9.47 Å². The maximum atomic E-state index is 12.6. The molecule has 0 saturated heterocycles. The summed E-state index contributed by atoms with van der Waals surface area (Å²) in [7, 11) is 2.99. The number of methoxy groups -OCH3 is 2. The normalized spacial score (nSPS) is 11.3. The highest BCUT2D eigenvalue weighted by molar-refractivity contribution is 7.14. The van der Waals surface area contributed by atoms with E-state index in [1.165, 1.54) is 25.6 Å². The van der Waals surface area contributed by atoms with E-state index in [1.807, 2.05) is 19.9 Å². The Kier molecular flexibility index (Phi) is 6.36. The molecule has 1 unspecified atom stereocenters. The zero-order valence-electron chi connectivity index (χ0n) is 15.1. The van der Waals surface area contributed by atoms with Crippen LogP contribution in [0, 0.1) is 24.2 Å². The lowest BCUT2D eigenvalue weighted by Crippen LogP contribution is -2.28. The molecule has 0 aliphatic carbocycles. The second kappa shape index (κ2) is 8.50. The number of hydrogen-bond donors (Lipinski definition) is 1. The molecule has 0 aliphatic rings. The smallest absolute Gasteiger partial charge is 0.249 e. The minimum absolute atomic E-state index is 0.414. The van der Waals surface area contributed by atoms with E-state index < -0.39 is 17.6 Å². The number of anilines is 1. The Hall–Kier alpha value is -2.85. The molecule has 0 aliphatic heterocycles. The molecule has 1 N–H and O–H groups in total.